The summed E-state index contributed by atoms with van der Waals surface area (Å²) in [5.41, 5.74) is 0.810. The van der Waals surface area contributed by atoms with Crippen molar-refractivity contribution in [1.29, 1.82) is 0 Å². The molecule has 0 aliphatic carbocycles. The van der Waals surface area contributed by atoms with Gasteiger partial charge in [0.1, 0.15) is 0 Å². The molecule has 2 N–H and O–H groups in total. The molecule has 0 saturated heterocycles. The first kappa shape index (κ1) is 17.4. The molecule has 0 spiro atoms. The minimum atomic E-state index is -0.476. The summed E-state index contributed by atoms with van der Waals surface area (Å²) in [6.07, 6.45) is 0. The molecular formula is C16H12Cl2N2O2S. The zero-order valence-corrected chi connectivity index (χ0v) is 14.1. The summed E-state index contributed by atoms with van der Waals surface area (Å²) in [5, 5.41) is 5.86. The third-order valence-corrected chi connectivity index (χ3v) is 3.70. The quantitative estimate of drug-likeness (QED) is 0.642. The van der Waals surface area contributed by atoms with Gasteiger partial charge < -0.3 is 5.32 Å². The van der Waals surface area contributed by atoms with Gasteiger partial charge in [0.25, 0.3) is 5.91 Å². The van der Waals surface area contributed by atoms with E-state index < -0.39 is 5.91 Å². The molecule has 2 aromatic carbocycles. The van der Waals surface area contributed by atoms with Crippen LogP contribution in [-0.4, -0.2) is 23.3 Å². The molecule has 0 fully saturated rings. The molecule has 7 heteroatoms. The van der Waals surface area contributed by atoms with Crippen molar-refractivity contribution in [3.8, 4) is 0 Å². The molecule has 0 atom stereocenters. The number of Topliss-reactive ketones (excluding diaryl/α,β-unsaturated/α-hetero) is 1. The molecule has 0 heterocycles. The van der Waals surface area contributed by atoms with Crippen LogP contribution in [0, 0.1) is 0 Å². The number of hydrogen-bond acceptors (Lipinski definition) is 3. The molecule has 4 nitrogen and oxygen atoms in total. The second kappa shape index (κ2) is 8.06. The van der Waals surface area contributed by atoms with E-state index in [4.69, 9.17) is 35.4 Å². The predicted octanol–water partition coefficient (Wildman–Crippen LogP) is 3.48. The Kier molecular flexibility index (Phi) is 6.10. The number of hydrogen-bond donors (Lipinski definition) is 2. The van der Waals surface area contributed by atoms with Crippen molar-refractivity contribution in [2.75, 3.05) is 6.54 Å². The second-order valence-corrected chi connectivity index (χ2v) is 5.80. The first-order valence-electron chi connectivity index (χ1n) is 6.60. The van der Waals surface area contributed by atoms with Crippen LogP contribution >= 0.6 is 35.4 Å². The van der Waals surface area contributed by atoms with E-state index in [1.54, 1.807) is 30.3 Å². The van der Waals surface area contributed by atoms with Gasteiger partial charge in [-0.15, -0.1) is 0 Å². The fourth-order valence-corrected chi connectivity index (χ4v) is 2.43. The number of carbonyl (C=O) groups excluding carboxylic acids is 2. The maximum atomic E-state index is 12.1. The van der Waals surface area contributed by atoms with Gasteiger partial charge in [-0.05, 0) is 30.4 Å². The Morgan fingerprint density at radius 2 is 1.74 bits per heavy atom. The Balaban J connectivity index is 1.89. The number of nitrogens with one attached hydrogen (secondary N) is 2. The molecule has 2 rings (SSSR count). The van der Waals surface area contributed by atoms with Gasteiger partial charge in [0, 0.05) is 10.6 Å². The number of thiocarbonyl (C=S) groups is 1. The van der Waals surface area contributed by atoms with E-state index in [-0.39, 0.29) is 28.0 Å². The molecule has 0 aromatic heterocycles. The van der Waals surface area contributed by atoms with Crippen LogP contribution in [0.4, 0.5) is 0 Å². The number of halogens is 2. The lowest BCUT2D eigenvalue weighted by atomic mass is 10.1. The van der Waals surface area contributed by atoms with Crippen molar-refractivity contribution in [1.82, 2.24) is 10.6 Å². The van der Waals surface area contributed by atoms with E-state index >= 15 is 0 Å². The van der Waals surface area contributed by atoms with Crippen molar-refractivity contribution in [3.05, 3.63) is 69.7 Å². The molecule has 0 saturated carbocycles. The number of ketones is 1. The first-order valence-corrected chi connectivity index (χ1v) is 7.76. The monoisotopic (exact) mass is 366 g/mol. The molecule has 2 aromatic rings. The van der Waals surface area contributed by atoms with Gasteiger partial charge in [-0.1, -0.05) is 53.5 Å². The van der Waals surface area contributed by atoms with Gasteiger partial charge in [-0.25, -0.2) is 0 Å². The SMILES string of the molecule is O=C(CNC(=S)NC(=O)c1ccc(Cl)cc1Cl)c1ccccc1. The van der Waals surface area contributed by atoms with Crippen LogP contribution in [0.25, 0.3) is 0 Å². The number of benzene rings is 2. The van der Waals surface area contributed by atoms with Crippen LogP contribution in [0.2, 0.25) is 10.0 Å². The first-order chi connectivity index (χ1) is 11.0. The average Bonchev–Trinajstić information content (AvgIpc) is 2.53. The van der Waals surface area contributed by atoms with E-state index in [1.807, 2.05) is 6.07 Å². The van der Waals surface area contributed by atoms with Gasteiger partial charge in [0.05, 0.1) is 17.1 Å². The summed E-state index contributed by atoms with van der Waals surface area (Å²) in [5.74, 6) is -0.608. The van der Waals surface area contributed by atoms with E-state index in [9.17, 15) is 9.59 Å². The maximum absolute atomic E-state index is 12.1. The molecular weight excluding hydrogens is 355 g/mol. The van der Waals surface area contributed by atoms with Gasteiger partial charge in [-0.3, -0.25) is 14.9 Å². The standard InChI is InChI=1S/C16H12Cl2N2O2S/c17-11-6-7-12(13(18)8-11)15(22)20-16(23)19-9-14(21)10-4-2-1-3-5-10/h1-8H,9H2,(H2,19,20,22,23). The third kappa shape index (κ3) is 5.03. The lowest BCUT2D eigenvalue weighted by molar-refractivity contribution is 0.0967. The highest BCUT2D eigenvalue weighted by molar-refractivity contribution is 7.80. The van der Waals surface area contributed by atoms with Gasteiger partial charge >= 0.3 is 0 Å². The van der Waals surface area contributed by atoms with Crippen molar-refractivity contribution in [2.45, 2.75) is 0 Å². The molecule has 0 bridgehead atoms. The Hall–Kier alpha value is -1.95. The van der Waals surface area contributed by atoms with Crippen LogP contribution in [0.5, 0.6) is 0 Å². The largest absolute Gasteiger partial charge is 0.355 e. The van der Waals surface area contributed by atoms with Crippen LogP contribution in [-0.2, 0) is 0 Å². The van der Waals surface area contributed by atoms with Crippen molar-refractivity contribution >= 4 is 52.2 Å². The summed E-state index contributed by atoms with van der Waals surface area (Å²) in [7, 11) is 0. The molecule has 118 valence electrons. The highest BCUT2D eigenvalue weighted by atomic mass is 35.5. The fraction of sp³-hybridized carbons (Fsp3) is 0.0625. The molecule has 0 unspecified atom stereocenters. The number of rotatable bonds is 4. The van der Waals surface area contributed by atoms with E-state index in [0.29, 0.717) is 10.6 Å². The van der Waals surface area contributed by atoms with Crippen LogP contribution < -0.4 is 10.6 Å². The molecule has 0 aliphatic heterocycles. The Bertz CT molecular complexity index is 751. The summed E-state index contributed by atoms with van der Waals surface area (Å²) in [4.78, 5) is 24.0. The summed E-state index contributed by atoms with van der Waals surface area (Å²) in [6, 6.07) is 13.3. The highest BCUT2D eigenvalue weighted by Crippen LogP contribution is 2.20. The zero-order valence-electron chi connectivity index (χ0n) is 11.8. The smallest absolute Gasteiger partial charge is 0.258 e. The topological polar surface area (TPSA) is 58.2 Å². The van der Waals surface area contributed by atoms with E-state index in [2.05, 4.69) is 10.6 Å². The fourth-order valence-electron chi connectivity index (χ4n) is 1.77. The molecule has 0 radical (unpaired) electrons. The molecule has 23 heavy (non-hydrogen) atoms. The van der Waals surface area contributed by atoms with E-state index in [1.165, 1.54) is 12.1 Å². The lowest BCUT2D eigenvalue weighted by Crippen LogP contribution is -2.41. The normalized spacial score (nSPS) is 10.0. The number of amides is 1. The molecule has 1 amide bonds. The highest BCUT2D eigenvalue weighted by Gasteiger charge is 2.13. The van der Waals surface area contributed by atoms with Crippen molar-refractivity contribution in [2.24, 2.45) is 0 Å². The second-order valence-electron chi connectivity index (χ2n) is 4.55. The van der Waals surface area contributed by atoms with Crippen molar-refractivity contribution < 1.29 is 9.59 Å². The Morgan fingerprint density at radius 3 is 2.39 bits per heavy atom. The van der Waals surface area contributed by atoms with Crippen LogP contribution in [0.3, 0.4) is 0 Å². The van der Waals surface area contributed by atoms with Crippen molar-refractivity contribution in [3.63, 3.8) is 0 Å². The summed E-state index contributed by atoms with van der Waals surface area (Å²) >= 11 is 16.7. The minimum Gasteiger partial charge on any atom is -0.355 e. The summed E-state index contributed by atoms with van der Waals surface area (Å²) < 4.78 is 0. The predicted molar refractivity (Wildman–Crippen MR) is 95.3 cm³/mol. The minimum absolute atomic E-state index is 0.0164. The van der Waals surface area contributed by atoms with Gasteiger partial charge in [-0.2, -0.15) is 0 Å². The maximum Gasteiger partial charge on any atom is 0.258 e. The number of carbonyl (C=O) groups is 2. The van der Waals surface area contributed by atoms with E-state index in [0.717, 1.165) is 0 Å². The average molecular weight is 367 g/mol. The van der Waals surface area contributed by atoms with Gasteiger partial charge in [0.2, 0.25) is 0 Å². The Morgan fingerprint density at radius 1 is 1.04 bits per heavy atom. The van der Waals surface area contributed by atoms with Gasteiger partial charge in [0.15, 0.2) is 10.9 Å². The summed E-state index contributed by atoms with van der Waals surface area (Å²) in [6.45, 7) is -0.0164. The lowest BCUT2D eigenvalue weighted by Gasteiger charge is -2.10. The molecule has 0 aliphatic rings. The zero-order chi connectivity index (χ0) is 16.8. The third-order valence-electron chi connectivity index (χ3n) is 2.91. The van der Waals surface area contributed by atoms with Crippen LogP contribution in [0.15, 0.2) is 48.5 Å². The Labute approximate surface area is 148 Å². The van der Waals surface area contributed by atoms with Crippen LogP contribution in [0.1, 0.15) is 20.7 Å².